The Morgan fingerprint density at radius 2 is 1.86 bits per heavy atom. The average Bonchev–Trinajstić information content (AvgIpc) is 2.42. The van der Waals surface area contributed by atoms with Crippen molar-refractivity contribution in [2.24, 2.45) is 0 Å². The molecule has 21 heavy (non-hydrogen) atoms. The summed E-state index contributed by atoms with van der Waals surface area (Å²) in [5, 5.41) is 9.23. The van der Waals surface area contributed by atoms with Crippen LogP contribution in [-0.4, -0.2) is 6.61 Å². The molecule has 2 aromatic rings. The summed E-state index contributed by atoms with van der Waals surface area (Å²) in [4.78, 5) is 0. The number of ether oxygens (including phenoxy) is 1. The highest BCUT2D eigenvalue weighted by Crippen LogP contribution is 2.21. The first kappa shape index (κ1) is 15.1. The highest BCUT2D eigenvalue weighted by Gasteiger charge is 2.11. The van der Waals surface area contributed by atoms with Gasteiger partial charge in [0.25, 0.3) is 0 Å². The standard InChI is InChI=1S/C18H18FNO/c1-13-8-14(2)10-18(9-13)21-7-6-16(12-20)15-4-3-5-17(19)11-15/h3-5,8-11,16H,6-7H2,1-2H3. The molecule has 0 aliphatic rings. The Morgan fingerprint density at radius 1 is 1.14 bits per heavy atom. The molecule has 2 aromatic carbocycles. The normalized spacial score (nSPS) is 11.7. The largest absolute Gasteiger partial charge is 0.494 e. The summed E-state index contributed by atoms with van der Waals surface area (Å²) in [7, 11) is 0. The van der Waals surface area contributed by atoms with Crippen molar-refractivity contribution < 1.29 is 9.13 Å². The van der Waals surface area contributed by atoms with Crippen molar-refractivity contribution in [2.75, 3.05) is 6.61 Å². The van der Waals surface area contributed by atoms with E-state index in [9.17, 15) is 9.65 Å². The second-order valence-electron chi connectivity index (χ2n) is 5.20. The van der Waals surface area contributed by atoms with E-state index in [-0.39, 0.29) is 11.7 Å². The van der Waals surface area contributed by atoms with E-state index < -0.39 is 0 Å². The smallest absolute Gasteiger partial charge is 0.123 e. The Labute approximate surface area is 124 Å². The van der Waals surface area contributed by atoms with Crippen LogP contribution in [0.3, 0.4) is 0 Å². The van der Waals surface area contributed by atoms with Crippen molar-refractivity contribution in [1.29, 1.82) is 5.26 Å². The lowest BCUT2D eigenvalue weighted by molar-refractivity contribution is 0.305. The zero-order chi connectivity index (χ0) is 15.2. The number of halogens is 1. The number of aryl methyl sites for hydroxylation is 2. The van der Waals surface area contributed by atoms with Gasteiger partial charge in [0.2, 0.25) is 0 Å². The van der Waals surface area contributed by atoms with Gasteiger partial charge in [0.15, 0.2) is 0 Å². The summed E-state index contributed by atoms with van der Waals surface area (Å²) >= 11 is 0. The minimum atomic E-state index is -0.355. The number of hydrogen-bond acceptors (Lipinski definition) is 2. The lowest BCUT2D eigenvalue weighted by atomic mass is 9.97. The number of benzene rings is 2. The number of rotatable bonds is 5. The first-order chi connectivity index (χ1) is 10.1. The van der Waals surface area contributed by atoms with E-state index in [4.69, 9.17) is 4.74 Å². The Bertz CT molecular complexity index is 640. The third-order valence-corrected chi connectivity index (χ3v) is 3.28. The van der Waals surface area contributed by atoms with Crippen LogP contribution in [0.1, 0.15) is 29.0 Å². The van der Waals surface area contributed by atoms with Crippen LogP contribution in [0.5, 0.6) is 5.75 Å². The summed E-state index contributed by atoms with van der Waals surface area (Å²) in [5.41, 5.74) is 2.99. The molecule has 0 spiro atoms. The molecule has 0 radical (unpaired) electrons. The Kier molecular flexibility index (Phi) is 4.94. The molecule has 0 saturated heterocycles. The molecule has 1 unspecified atom stereocenters. The van der Waals surface area contributed by atoms with Crippen molar-refractivity contribution in [3.63, 3.8) is 0 Å². The van der Waals surface area contributed by atoms with Crippen LogP contribution in [0, 0.1) is 31.0 Å². The fraction of sp³-hybridized carbons (Fsp3) is 0.278. The number of nitrogens with zero attached hydrogens (tertiary/aromatic N) is 1. The quantitative estimate of drug-likeness (QED) is 0.808. The monoisotopic (exact) mass is 283 g/mol. The maximum atomic E-state index is 13.2. The van der Waals surface area contributed by atoms with E-state index in [1.165, 1.54) is 12.1 Å². The second kappa shape index (κ2) is 6.90. The van der Waals surface area contributed by atoms with Gasteiger partial charge < -0.3 is 4.74 Å². The average molecular weight is 283 g/mol. The molecule has 0 amide bonds. The predicted molar refractivity (Wildman–Crippen MR) is 80.8 cm³/mol. The molecule has 0 aliphatic heterocycles. The molecule has 0 aliphatic carbocycles. The van der Waals surface area contributed by atoms with Crippen molar-refractivity contribution in [1.82, 2.24) is 0 Å². The maximum Gasteiger partial charge on any atom is 0.123 e. The van der Waals surface area contributed by atoms with Gasteiger partial charge in [0, 0.05) is 6.42 Å². The Hall–Kier alpha value is -2.34. The van der Waals surface area contributed by atoms with Crippen LogP contribution in [0.15, 0.2) is 42.5 Å². The third-order valence-electron chi connectivity index (χ3n) is 3.28. The first-order valence-electron chi connectivity index (χ1n) is 6.94. The van der Waals surface area contributed by atoms with Gasteiger partial charge in [-0.25, -0.2) is 4.39 Å². The number of hydrogen-bond donors (Lipinski definition) is 0. The molecule has 0 saturated carbocycles. The van der Waals surface area contributed by atoms with E-state index in [2.05, 4.69) is 12.1 Å². The molecular formula is C18H18FNO. The van der Waals surface area contributed by atoms with E-state index >= 15 is 0 Å². The van der Waals surface area contributed by atoms with Crippen LogP contribution in [0.25, 0.3) is 0 Å². The van der Waals surface area contributed by atoms with Crippen LogP contribution in [0.4, 0.5) is 4.39 Å². The predicted octanol–water partition coefficient (Wildman–Crippen LogP) is 4.52. The SMILES string of the molecule is Cc1cc(C)cc(OCCC(C#N)c2cccc(F)c2)c1. The van der Waals surface area contributed by atoms with Crippen molar-refractivity contribution in [2.45, 2.75) is 26.2 Å². The molecule has 2 nitrogen and oxygen atoms in total. The summed E-state index contributed by atoms with van der Waals surface area (Å²) in [6.45, 7) is 4.47. The van der Waals surface area contributed by atoms with Crippen LogP contribution < -0.4 is 4.74 Å². The van der Waals surface area contributed by atoms with E-state index in [1.807, 2.05) is 26.0 Å². The van der Waals surface area contributed by atoms with Gasteiger partial charge in [-0.15, -0.1) is 0 Å². The third kappa shape index (κ3) is 4.32. The second-order valence-corrected chi connectivity index (χ2v) is 5.20. The summed E-state index contributed by atoms with van der Waals surface area (Å²) in [6, 6.07) is 14.4. The van der Waals surface area contributed by atoms with E-state index in [0.717, 1.165) is 16.9 Å². The minimum absolute atomic E-state index is 0.317. The van der Waals surface area contributed by atoms with Crippen molar-refractivity contribution in [3.05, 3.63) is 65.0 Å². The molecule has 1 atom stereocenters. The van der Waals surface area contributed by atoms with Gasteiger partial charge in [-0.3, -0.25) is 0 Å². The Balaban J connectivity index is 1.96. The highest BCUT2D eigenvalue weighted by atomic mass is 19.1. The van der Waals surface area contributed by atoms with Crippen molar-refractivity contribution >= 4 is 0 Å². The van der Waals surface area contributed by atoms with Crippen molar-refractivity contribution in [3.8, 4) is 11.8 Å². The molecule has 0 N–H and O–H groups in total. The maximum absolute atomic E-state index is 13.2. The fourth-order valence-corrected chi connectivity index (χ4v) is 2.34. The zero-order valence-corrected chi connectivity index (χ0v) is 12.3. The van der Waals surface area contributed by atoms with E-state index in [0.29, 0.717) is 18.6 Å². The molecule has 0 aromatic heterocycles. The summed E-state index contributed by atoms with van der Waals surface area (Å²) in [5.74, 6) is 0.137. The molecule has 3 heteroatoms. The lowest BCUT2D eigenvalue weighted by Gasteiger charge is -2.12. The van der Waals surface area contributed by atoms with Crippen LogP contribution >= 0.6 is 0 Å². The number of nitriles is 1. The zero-order valence-electron chi connectivity index (χ0n) is 12.3. The lowest BCUT2D eigenvalue weighted by Crippen LogP contribution is -2.05. The van der Waals surface area contributed by atoms with Gasteiger partial charge in [-0.05, 0) is 54.8 Å². The van der Waals surface area contributed by atoms with Gasteiger partial charge in [0.1, 0.15) is 11.6 Å². The molecular weight excluding hydrogens is 265 g/mol. The van der Waals surface area contributed by atoms with Gasteiger partial charge >= 0.3 is 0 Å². The summed E-state index contributed by atoms with van der Waals surface area (Å²) < 4.78 is 18.9. The van der Waals surface area contributed by atoms with Gasteiger partial charge in [-0.1, -0.05) is 18.2 Å². The molecule has 2 rings (SSSR count). The molecule has 0 bridgehead atoms. The molecule has 108 valence electrons. The minimum Gasteiger partial charge on any atom is -0.494 e. The topological polar surface area (TPSA) is 33.0 Å². The highest BCUT2D eigenvalue weighted by molar-refractivity contribution is 5.33. The van der Waals surface area contributed by atoms with Crippen LogP contribution in [0.2, 0.25) is 0 Å². The van der Waals surface area contributed by atoms with E-state index in [1.54, 1.807) is 12.1 Å². The van der Waals surface area contributed by atoms with Gasteiger partial charge in [0.05, 0.1) is 18.6 Å². The molecule has 0 fully saturated rings. The Morgan fingerprint density at radius 3 is 2.48 bits per heavy atom. The summed E-state index contributed by atoms with van der Waals surface area (Å²) in [6.07, 6.45) is 0.535. The fourth-order valence-electron chi connectivity index (χ4n) is 2.34. The van der Waals surface area contributed by atoms with Crippen LogP contribution in [-0.2, 0) is 0 Å². The van der Waals surface area contributed by atoms with Gasteiger partial charge in [-0.2, -0.15) is 5.26 Å². The molecule has 0 heterocycles. The first-order valence-corrected chi connectivity index (χ1v) is 6.94.